The van der Waals surface area contributed by atoms with Crippen LogP contribution in [0.1, 0.15) is 0 Å². The smallest absolute Gasteiger partial charge is 0.162 e. The molecule has 0 spiro atoms. The van der Waals surface area contributed by atoms with E-state index in [9.17, 15) is 0 Å². The Morgan fingerprint density at radius 3 is 3.20 bits per heavy atom. The second-order valence-electron chi connectivity index (χ2n) is 3.34. The molecule has 0 aromatic carbocycles. The van der Waals surface area contributed by atoms with Crippen molar-refractivity contribution in [3.05, 3.63) is 14.4 Å². The van der Waals surface area contributed by atoms with E-state index in [1.165, 1.54) is 0 Å². The highest BCUT2D eigenvalue weighted by atomic mass is 127. The monoisotopic (exact) mass is 379 g/mol. The molecule has 0 saturated heterocycles. The van der Waals surface area contributed by atoms with E-state index >= 15 is 0 Å². The first-order valence-electron chi connectivity index (χ1n) is 4.44. The van der Waals surface area contributed by atoms with Crippen molar-refractivity contribution < 1.29 is 4.74 Å². The van der Waals surface area contributed by atoms with Crippen molar-refractivity contribution in [2.75, 3.05) is 12.3 Å². The minimum absolute atomic E-state index is 0.544. The molecule has 3 rings (SSSR count). The summed E-state index contributed by atoms with van der Waals surface area (Å²) in [5.41, 5.74) is 6.92. The van der Waals surface area contributed by atoms with Crippen molar-refractivity contribution in [2.45, 2.75) is 6.54 Å². The average molecular weight is 380 g/mol. The lowest BCUT2D eigenvalue weighted by molar-refractivity contribution is 0.284. The number of rotatable bonds is 0. The highest BCUT2D eigenvalue weighted by molar-refractivity contribution is 14.1. The zero-order valence-electron chi connectivity index (χ0n) is 7.63. The predicted octanol–water partition coefficient (Wildman–Crippen LogP) is 2.38. The normalized spacial score (nSPS) is 14.3. The van der Waals surface area contributed by atoms with Crippen LogP contribution in [0.3, 0.4) is 0 Å². The Morgan fingerprint density at radius 1 is 1.60 bits per heavy atom. The summed E-state index contributed by atoms with van der Waals surface area (Å²) in [6.45, 7) is 1.54. The highest BCUT2D eigenvalue weighted by Crippen LogP contribution is 2.40. The van der Waals surface area contributed by atoms with Crippen LogP contribution in [0.5, 0.6) is 5.75 Å². The van der Waals surface area contributed by atoms with Crippen LogP contribution in [0, 0.1) is 3.70 Å². The van der Waals surface area contributed by atoms with Gasteiger partial charge in [-0.05, 0) is 38.5 Å². The molecule has 0 atom stereocenters. The summed E-state index contributed by atoms with van der Waals surface area (Å²) in [6, 6.07) is 0. The Balaban J connectivity index is 2.57. The van der Waals surface area contributed by atoms with Gasteiger partial charge in [0.05, 0.1) is 31.8 Å². The van der Waals surface area contributed by atoms with Gasteiger partial charge in [0.1, 0.15) is 12.4 Å². The van der Waals surface area contributed by atoms with Crippen molar-refractivity contribution in [3.63, 3.8) is 0 Å². The Bertz CT molecular complexity index is 566. The molecule has 0 aliphatic carbocycles. The third-order valence-corrected chi connectivity index (χ3v) is 5.16. The molecule has 0 radical (unpaired) electrons. The molecule has 1 aliphatic heterocycles. The molecule has 0 bridgehead atoms. The molecule has 2 aromatic heterocycles. The Hall–Kier alpha value is -0.500. The van der Waals surface area contributed by atoms with Gasteiger partial charge in [-0.25, -0.2) is 4.98 Å². The van der Waals surface area contributed by atoms with E-state index in [0.717, 1.165) is 31.4 Å². The molecule has 0 unspecified atom stereocenters. The molecular formula is C9H7BrIN3O. The molecule has 3 heterocycles. The van der Waals surface area contributed by atoms with Gasteiger partial charge in [-0.1, -0.05) is 0 Å². The number of nitrogens with two attached hydrogens (primary N) is 1. The first-order chi connectivity index (χ1) is 7.20. The summed E-state index contributed by atoms with van der Waals surface area (Å²) >= 11 is 5.85. The van der Waals surface area contributed by atoms with Gasteiger partial charge in [0, 0.05) is 0 Å². The van der Waals surface area contributed by atoms with E-state index in [4.69, 9.17) is 10.5 Å². The summed E-state index contributed by atoms with van der Waals surface area (Å²) < 4.78 is 9.92. The van der Waals surface area contributed by atoms with Crippen molar-refractivity contribution in [1.29, 1.82) is 0 Å². The number of aromatic nitrogens is 2. The van der Waals surface area contributed by atoms with Gasteiger partial charge in [0.2, 0.25) is 0 Å². The number of nitrogens with zero attached hydrogens (tertiary/aromatic N) is 2. The zero-order valence-corrected chi connectivity index (χ0v) is 11.4. The van der Waals surface area contributed by atoms with E-state index in [-0.39, 0.29) is 0 Å². The van der Waals surface area contributed by atoms with Crippen LogP contribution < -0.4 is 10.5 Å². The number of hydrogen-bond donors (Lipinski definition) is 1. The topological polar surface area (TPSA) is 53.1 Å². The first-order valence-corrected chi connectivity index (χ1v) is 6.32. The van der Waals surface area contributed by atoms with Crippen molar-refractivity contribution in [3.8, 4) is 5.75 Å². The van der Waals surface area contributed by atoms with Gasteiger partial charge >= 0.3 is 0 Å². The maximum absolute atomic E-state index is 5.87. The second-order valence-corrected chi connectivity index (χ2v) is 5.15. The maximum Gasteiger partial charge on any atom is 0.162 e. The third-order valence-electron chi connectivity index (χ3n) is 2.53. The zero-order chi connectivity index (χ0) is 10.6. The Kier molecular flexibility index (Phi) is 2.10. The lowest BCUT2D eigenvalue weighted by Crippen LogP contribution is -2.15. The molecular weight excluding hydrogens is 373 g/mol. The quantitative estimate of drug-likeness (QED) is 0.715. The van der Waals surface area contributed by atoms with Gasteiger partial charge < -0.3 is 15.0 Å². The predicted molar refractivity (Wildman–Crippen MR) is 70.1 cm³/mol. The molecule has 0 amide bonds. The maximum atomic E-state index is 5.87. The summed E-state index contributed by atoms with van der Waals surface area (Å²) in [6.07, 6.45) is 1.69. The molecule has 15 heavy (non-hydrogen) atoms. The van der Waals surface area contributed by atoms with Crippen LogP contribution in [-0.4, -0.2) is 16.2 Å². The standard InChI is InChI=1S/C9H7BrIN3O/c10-6-5-7-4(3-13-9(5)12)15-2-1-14(7)8(6)11/h3H,1-2H2,(H2,12,13). The molecule has 0 saturated carbocycles. The van der Waals surface area contributed by atoms with E-state index in [1.807, 2.05) is 0 Å². The largest absolute Gasteiger partial charge is 0.488 e. The molecule has 0 fully saturated rings. The van der Waals surface area contributed by atoms with E-state index < -0.39 is 0 Å². The Labute approximate surface area is 108 Å². The lowest BCUT2D eigenvalue weighted by atomic mass is 10.3. The minimum atomic E-state index is 0.544. The number of ether oxygens (including phenoxy) is 1. The van der Waals surface area contributed by atoms with Crippen LogP contribution in [0.25, 0.3) is 10.9 Å². The van der Waals surface area contributed by atoms with Gasteiger partial charge in [0.15, 0.2) is 5.75 Å². The molecule has 78 valence electrons. The molecule has 4 nitrogen and oxygen atoms in total. The summed E-state index contributed by atoms with van der Waals surface area (Å²) in [5, 5.41) is 0.955. The Morgan fingerprint density at radius 2 is 2.40 bits per heavy atom. The highest BCUT2D eigenvalue weighted by Gasteiger charge is 2.22. The summed E-state index contributed by atoms with van der Waals surface area (Å²) in [4.78, 5) is 4.13. The van der Waals surface area contributed by atoms with E-state index in [0.29, 0.717) is 12.4 Å². The first kappa shape index (κ1) is 9.71. The van der Waals surface area contributed by atoms with Crippen molar-refractivity contribution >= 4 is 55.2 Å². The number of hydrogen-bond acceptors (Lipinski definition) is 3. The fourth-order valence-corrected chi connectivity index (χ4v) is 3.22. The van der Waals surface area contributed by atoms with Gasteiger partial charge in [-0.2, -0.15) is 0 Å². The number of anilines is 1. The molecule has 6 heteroatoms. The fourth-order valence-electron chi connectivity index (χ4n) is 1.87. The number of nitrogen functional groups attached to an aromatic ring is 1. The van der Waals surface area contributed by atoms with Crippen molar-refractivity contribution in [2.24, 2.45) is 0 Å². The van der Waals surface area contributed by atoms with Crippen LogP contribution >= 0.6 is 38.5 Å². The van der Waals surface area contributed by atoms with Crippen LogP contribution in [0.15, 0.2) is 10.7 Å². The number of halogens is 2. The van der Waals surface area contributed by atoms with Gasteiger partial charge in [0.25, 0.3) is 0 Å². The van der Waals surface area contributed by atoms with Crippen LogP contribution in [0.2, 0.25) is 0 Å². The van der Waals surface area contributed by atoms with Crippen molar-refractivity contribution in [1.82, 2.24) is 9.55 Å². The summed E-state index contributed by atoms with van der Waals surface area (Å²) in [5.74, 6) is 1.36. The molecule has 2 N–H and O–H groups in total. The molecule has 2 aromatic rings. The van der Waals surface area contributed by atoms with Gasteiger partial charge in [-0.3, -0.25) is 0 Å². The fraction of sp³-hybridized carbons (Fsp3) is 0.222. The third kappa shape index (κ3) is 1.20. The SMILES string of the molecule is Nc1ncc2c3c1c(Br)c(I)n3CCO2. The van der Waals surface area contributed by atoms with Crippen LogP contribution in [0.4, 0.5) is 5.82 Å². The minimum Gasteiger partial charge on any atom is -0.488 e. The summed E-state index contributed by atoms with van der Waals surface area (Å²) in [7, 11) is 0. The average Bonchev–Trinajstić information content (AvgIpc) is 2.50. The van der Waals surface area contributed by atoms with E-state index in [2.05, 4.69) is 48.1 Å². The van der Waals surface area contributed by atoms with E-state index in [1.54, 1.807) is 6.20 Å². The molecule has 1 aliphatic rings. The van der Waals surface area contributed by atoms with Gasteiger partial charge in [-0.15, -0.1) is 0 Å². The number of pyridine rings is 1. The lowest BCUT2D eigenvalue weighted by Gasteiger charge is -2.17. The van der Waals surface area contributed by atoms with Crippen LogP contribution in [-0.2, 0) is 6.54 Å². The second kappa shape index (κ2) is 3.24.